The molecule has 0 saturated heterocycles. The van der Waals surface area contributed by atoms with Crippen LogP contribution in [0, 0.1) is 6.92 Å². The molecular weight excluding hydrogens is 396 g/mol. The van der Waals surface area contributed by atoms with Gasteiger partial charge in [-0.2, -0.15) is 0 Å². The summed E-state index contributed by atoms with van der Waals surface area (Å²) in [5.41, 5.74) is 0.849. The monoisotopic (exact) mass is 420 g/mol. The molecule has 0 fully saturated rings. The highest BCUT2D eigenvalue weighted by Crippen LogP contribution is 2.44. The van der Waals surface area contributed by atoms with Gasteiger partial charge >= 0.3 is 12.3 Å². The quantitative estimate of drug-likeness (QED) is 0.136. The van der Waals surface area contributed by atoms with E-state index in [0.717, 1.165) is 5.56 Å². The molecule has 3 rings (SSSR count). The summed E-state index contributed by atoms with van der Waals surface area (Å²) in [5.74, 6) is 0.685. The smallest absolute Gasteiger partial charge is 0.434 e. The molecule has 31 heavy (non-hydrogen) atoms. The summed E-state index contributed by atoms with van der Waals surface area (Å²) in [5, 5.41) is 2.48. The number of carbonyl (C=O) groups excluding carboxylic acids is 2. The maximum Gasteiger partial charge on any atom is 0.513 e. The first kappa shape index (κ1) is 21.9. The molecule has 0 aromatic heterocycles. The number of fused-ring (bicyclic) bond motifs is 2. The van der Waals surface area contributed by atoms with E-state index in [-0.39, 0.29) is 13.2 Å². The Hall–Kier alpha value is -3.80. The molecule has 0 heterocycles. The Labute approximate surface area is 180 Å². The number of rotatable bonds is 8. The highest BCUT2D eigenvalue weighted by Gasteiger charge is 2.22. The summed E-state index contributed by atoms with van der Waals surface area (Å²) in [6.45, 7) is 9.44. The second-order valence-electron chi connectivity index (χ2n) is 6.76. The van der Waals surface area contributed by atoms with Gasteiger partial charge < -0.3 is 18.9 Å². The largest absolute Gasteiger partial charge is 0.513 e. The number of carbonyl (C=O) groups is 2. The molecule has 0 aliphatic carbocycles. The lowest BCUT2D eigenvalue weighted by Gasteiger charge is -2.17. The lowest BCUT2D eigenvalue weighted by atomic mass is 9.97. The third-order valence-corrected chi connectivity index (χ3v) is 4.62. The molecule has 0 atom stereocenters. The lowest BCUT2D eigenvalue weighted by Crippen LogP contribution is -2.13. The van der Waals surface area contributed by atoms with Gasteiger partial charge in [0, 0.05) is 21.5 Å². The second kappa shape index (κ2) is 10.3. The van der Waals surface area contributed by atoms with Crippen molar-refractivity contribution in [3.63, 3.8) is 0 Å². The van der Waals surface area contributed by atoms with Crippen LogP contribution in [0.25, 0.3) is 21.5 Å². The molecule has 160 valence electrons. The maximum absolute atomic E-state index is 12.3. The van der Waals surface area contributed by atoms with Gasteiger partial charge in [0.15, 0.2) is 5.75 Å². The Morgan fingerprint density at radius 1 is 0.774 bits per heavy atom. The summed E-state index contributed by atoms with van der Waals surface area (Å²) in [6.07, 6.45) is 2.73. The first-order chi connectivity index (χ1) is 15.1. The van der Waals surface area contributed by atoms with E-state index in [9.17, 15) is 9.59 Å². The van der Waals surface area contributed by atoms with E-state index in [1.165, 1.54) is 0 Å². The molecule has 0 N–H and O–H groups in total. The van der Waals surface area contributed by atoms with Gasteiger partial charge in [-0.1, -0.05) is 54.6 Å². The summed E-state index contributed by atoms with van der Waals surface area (Å²) in [7, 11) is 0. The van der Waals surface area contributed by atoms with Crippen molar-refractivity contribution in [3.05, 3.63) is 73.3 Å². The van der Waals surface area contributed by atoms with Crippen LogP contribution in [0.1, 0.15) is 18.4 Å². The van der Waals surface area contributed by atoms with Crippen LogP contribution in [0.5, 0.6) is 11.5 Å². The fourth-order valence-electron chi connectivity index (χ4n) is 3.21. The average Bonchev–Trinajstić information content (AvgIpc) is 2.76. The van der Waals surface area contributed by atoms with E-state index in [4.69, 9.17) is 18.9 Å². The van der Waals surface area contributed by atoms with E-state index in [1.807, 2.05) is 31.2 Å². The zero-order valence-electron chi connectivity index (χ0n) is 17.4. The number of aryl methyl sites for hydroxylation is 1. The summed E-state index contributed by atoms with van der Waals surface area (Å²) < 4.78 is 21.5. The van der Waals surface area contributed by atoms with E-state index in [2.05, 4.69) is 13.2 Å². The van der Waals surface area contributed by atoms with Crippen LogP contribution in [-0.2, 0) is 9.47 Å². The minimum absolute atomic E-state index is 0.176. The van der Waals surface area contributed by atoms with Gasteiger partial charge in [0.05, 0.1) is 13.2 Å². The molecule has 3 aromatic rings. The van der Waals surface area contributed by atoms with E-state index in [1.54, 1.807) is 30.4 Å². The molecule has 3 aromatic carbocycles. The summed E-state index contributed by atoms with van der Waals surface area (Å²) in [4.78, 5) is 24.6. The summed E-state index contributed by atoms with van der Waals surface area (Å²) >= 11 is 0. The Bertz CT molecular complexity index is 1130. The predicted octanol–water partition coefficient (Wildman–Crippen LogP) is 6.48. The van der Waals surface area contributed by atoms with Crippen LogP contribution >= 0.6 is 0 Å². The average molecular weight is 420 g/mol. The molecule has 0 amide bonds. The van der Waals surface area contributed by atoms with Gasteiger partial charge in [-0.3, -0.25) is 0 Å². The predicted molar refractivity (Wildman–Crippen MR) is 120 cm³/mol. The number of hydrogen-bond donors (Lipinski definition) is 0. The fourth-order valence-corrected chi connectivity index (χ4v) is 3.21. The van der Waals surface area contributed by atoms with Crippen LogP contribution in [0.15, 0.2) is 67.8 Å². The molecule has 0 aliphatic heterocycles. The topological polar surface area (TPSA) is 71.1 Å². The van der Waals surface area contributed by atoms with Crippen molar-refractivity contribution >= 4 is 33.9 Å². The van der Waals surface area contributed by atoms with Crippen molar-refractivity contribution < 1.29 is 28.5 Å². The highest BCUT2D eigenvalue weighted by atomic mass is 16.7. The maximum atomic E-state index is 12.3. The Morgan fingerprint density at radius 2 is 1.29 bits per heavy atom. The van der Waals surface area contributed by atoms with Crippen molar-refractivity contribution in [3.8, 4) is 11.5 Å². The zero-order chi connectivity index (χ0) is 22.2. The van der Waals surface area contributed by atoms with Crippen LogP contribution in [0.3, 0.4) is 0 Å². The van der Waals surface area contributed by atoms with Gasteiger partial charge in [-0.25, -0.2) is 9.59 Å². The van der Waals surface area contributed by atoms with Crippen molar-refractivity contribution in [1.29, 1.82) is 0 Å². The van der Waals surface area contributed by atoms with Crippen LogP contribution < -0.4 is 9.47 Å². The molecule has 6 nitrogen and oxygen atoms in total. The van der Waals surface area contributed by atoms with Crippen molar-refractivity contribution in [2.45, 2.75) is 19.8 Å². The third kappa shape index (κ3) is 5.04. The Morgan fingerprint density at radius 3 is 1.87 bits per heavy atom. The highest BCUT2D eigenvalue weighted by molar-refractivity contribution is 6.13. The Balaban J connectivity index is 2.10. The van der Waals surface area contributed by atoms with Crippen LogP contribution in [0.2, 0.25) is 0 Å². The van der Waals surface area contributed by atoms with E-state index >= 15 is 0 Å². The van der Waals surface area contributed by atoms with Gasteiger partial charge in [-0.05, 0) is 25.3 Å². The molecule has 0 spiro atoms. The third-order valence-electron chi connectivity index (χ3n) is 4.62. The molecule has 0 unspecified atom stereocenters. The first-order valence-electron chi connectivity index (χ1n) is 9.91. The Kier molecular flexibility index (Phi) is 7.27. The lowest BCUT2D eigenvalue weighted by molar-refractivity contribution is 0.0999. The second-order valence-corrected chi connectivity index (χ2v) is 6.76. The minimum Gasteiger partial charge on any atom is -0.434 e. The molecule has 0 bridgehead atoms. The van der Waals surface area contributed by atoms with Crippen molar-refractivity contribution in [2.75, 3.05) is 13.2 Å². The van der Waals surface area contributed by atoms with Gasteiger partial charge in [-0.15, -0.1) is 13.2 Å². The number of benzene rings is 3. The van der Waals surface area contributed by atoms with Crippen LogP contribution in [0.4, 0.5) is 9.59 Å². The van der Waals surface area contributed by atoms with Crippen molar-refractivity contribution in [2.24, 2.45) is 0 Å². The molecule has 0 aliphatic rings. The van der Waals surface area contributed by atoms with E-state index in [0.29, 0.717) is 45.9 Å². The van der Waals surface area contributed by atoms with E-state index < -0.39 is 12.3 Å². The first-order valence-corrected chi connectivity index (χ1v) is 9.91. The van der Waals surface area contributed by atoms with Crippen molar-refractivity contribution in [1.82, 2.24) is 0 Å². The standard InChI is InChI=1S/C25H24O6/c1-4-6-15-28-24(26)30-22-18-12-8-9-13-19(18)23(31-25(27)29-16-7-5-2)21-17(3)11-10-14-20(21)22/h4-5,8-14H,1-2,6-7,15-16H2,3H3. The van der Waals surface area contributed by atoms with Gasteiger partial charge in [0.1, 0.15) is 5.75 Å². The minimum atomic E-state index is -0.813. The fraction of sp³-hybridized carbons (Fsp3) is 0.200. The summed E-state index contributed by atoms with van der Waals surface area (Å²) in [6, 6.07) is 12.7. The molecule has 0 saturated carbocycles. The van der Waals surface area contributed by atoms with Crippen LogP contribution in [-0.4, -0.2) is 25.5 Å². The van der Waals surface area contributed by atoms with Gasteiger partial charge in [0.2, 0.25) is 0 Å². The zero-order valence-corrected chi connectivity index (χ0v) is 17.4. The number of ether oxygens (including phenoxy) is 4. The normalized spacial score (nSPS) is 10.5. The molecule has 6 heteroatoms. The number of hydrogen-bond acceptors (Lipinski definition) is 6. The molecular formula is C25H24O6. The molecule has 0 radical (unpaired) electrons. The van der Waals surface area contributed by atoms with Gasteiger partial charge in [0.25, 0.3) is 0 Å². The SMILES string of the molecule is C=CCCOC(=O)Oc1c2ccccc2c(OC(=O)OCCC=C)c2c(C)cccc12.